The Morgan fingerprint density at radius 3 is 2.64 bits per heavy atom. The summed E-state index contributed by atoms with van der Waals surface area (Å²) in [6.07, 6.45) is 7.91. The van der Waals surface area contributed by atoms with Crippen LogP contribution in [0.4, 0.5) is 0 Å². The molecule has 0 saturated heterocycles. The molecule has 25 heavy (non-hydrogen) atoms. The summed E-state index contributed by atoms with van der Waals surface area (Å²) in [6, 6.07) is 16.4. The molecule has 1 heterocycles. The van der Waals surface area contributed by atoms with E-state index in [1.807, 2.05) is 48.7 Å². The fourth-order valence-corrected chi connectivity index (χ4v) is 4.46. The smallest absolute Gasteiger partial charge is 0.0946 e. The zero-order valence-electron chi connectivity index (χ0n) is 13.8. The number of rotatable bonds is 8. The number of aryl methyl sites for hydroxylation is 1. The fraction of sp³-hybridized carbons (Fsp3) is 0.250. The number of hydrogen-bond acceptors (Lipinski definition) is 2. The van der Waals surface area contributed by atoms with Crippen LogP contribution in [0.5, 0.6) is 0 Å². The Hall–Kier alpha value is -1.42. The van der Waals surface area contributed by atoms with Crippen molar-refractivity contribution in [3.63, 3.8) is 0 Å². The van der Waals surface area contributed by atoms with Gasteiger partial charge in [-0.05, 0) is 36.1 Å². The third-order valence-electron chi connectivity index (χ3n) is 4.06. The first-order valence-corrected chi connectivity index (χ1v) is 10.1. The van der Waals surface area contributed by atoms with E-state index >= 15 is 0 Å². The first kappa shape index (κ1) is 18.4. The molecular formula is C20H20Cl2N2S. The minimum atomic E-state index is 0.487. The van der Waals surface area contributed by atoms with Crippen LogP contribution in [0.15, 0.2) is 67.3 Å². The molecule has 2 aromatic carbocycles. The van der Waals surface area contributed by atoms with Gasteiger partial charge in [0.2, 0.25) is 0 Å². The lowest BCUT2D eigenvalue weighted by Gasteiger charge is -2.18. The van der Waals surface area contributed by atoms with Crippen LogP contribution in [0, 0.1) is 0 Å². The largest absolute Gasteiger partial charge is 0.336 e. The first-order chi connectivity index (χ1) is 12.2. The minimum absolute atomic E-state index is 0.487. The lowest BCUT2D eigenvalue weighted by Crippen LogP contribution is -2.13. The molecule has 0 aliphatic heterocycles. The van der Waals surface area contributed by atoms with E-state index in [-0.39, 0.29) is 0 Å². The van der Waals surface area contributed by atoms with Crippen LogP contribution in [0.25, 0.3) is 0 Å². The average molecular weight is 391 g/mol. The Labute approximate surface area is 163 Å². The van der Waals surface area contributed by atoms with Crippen molar-refractivity contribution in [3.8, 4) is 0 Å². The zero-order valence-corrected chi connectivity index (χ0v) is 16.1. The van der Waals surface area contributed by atoms with Gasteiger partial charge in [0.1, 0.15) is 0 Å². The Morgan fingerprint density at radius 1 is 1.08 bits per heavy atom. The van der Waals surface area contributed by atoms with E-state index in [1.54, 1.807) is 0 Å². The molecule has 0 aliphatic carbocycles. The summed E-state index contributed by atoms with van der Waals surface area (Å²) in [4.78, 5) is 4.15. The maximum absolute atomic E-state index is 6.32. The van der Waals surface area contributed by atoms with Gasteiger partial charge in [-0.3, -0.25) is 0 Å². The van der Waals surface area contributed by atoms with Gasteiger partial charge in [-0.2, -0.15) is 11.8 Å². The van der Waals surface area contributed by atoms with Gasteiger partial charge in [-0.1, -0.05) is 59.6 Å². The summed E-state index contributed by atoms with van der Waals surface area (Å²) in [5, 5.41) is 1.91. The second kappa shape index (κ2) is 9.33. The van der Waals surface area contributed by atoms with Crippen LogP contribution in [0.1, 0.15) is 17.5 Å². The molecule has 130 valence electrons. The highest BCUT2D eigenvalue weighted by atomic mass is 35.5. The monoisotopic (exact) mass is 390 g/mol. The molecule has 3 aromatic rings. The van der Waals surface area contributed by atoms with Gasteiger partial charge in [-0.25, -0.2) is 4.98 Å². The Bertz CT molecular complexity index is 776. The van der Waals surface area contributed by atoms with Crippen LogP contribution in [0.2, 0.25) is 10.0 Å². The third-order valence-corrected chi connectivity index (χ3v) is 5.98. The predicted octanol–water partition coefficient (Wildman–Crippen LogP) is 6.12. The van der Waals surface area contributed by atoms with Crippen molar-refractivity contribution in [2.45, 2.75) is 30.4 Å². The van der Waals surface area contributed by atoms with Crippen LogP contribution in [0.3, 0.4) is 0 Å². The molecule has 0 spiro atoms. The molecule has 0 aliphatic rings. The highest BCUT2D eigenvalue weighted by molar-refractivity contribution is 7.99. The lowest BCUT2D eigenvalue weighted by molar-refractivity contribution is 0.624. The molecule has 0 N–H and O–H groups in total. The van der Waals surface area contributed by atoms with E-state index in [9.17, 15) is 0 Å². The molecule has 5 heteroatoms. The predicted molar refractivity (Wildman–Crippen MR) is 109 cm³/mol. The van der Waals surface area contributed by atoms with Crippen molar-refractivity contribution in [2.24, 2.45) is 0 Å². The minimum Gasteiger partial charge on any atom is -0.336 e. The van der Waals surface area contributed by atoms with Crippen LogP contribution < -0.4 is 0 Å². The van der Waals surface area contributed by atoms with Gasteiger partial charge in [-0.15, -0.1) is 0 Å². The topological polar surface area (TPSA) is 17.8 Å². The average Bonchev–Trinajstić information content (AvgIpc) is 3.12. The number of nitrogens with zero attached hydrogens (tertiary/aromatic N) is 2. The van der Waals surface area contributed by atoms with Gasteiger partial charge in [0.15, 0.2) is 0 Å². The number of imidazole rings is 1. The zero-order chi connectivity index (χ0) is 17.5. The first-order valence-electron chi connectivity index (χ1n) is 8.26. The summed E-state index contributed by atoms with van der Waals surface area (Å²) in [5.41, 5.74) is 2.51. The van der Waals surface area contributed by atoms with E-state index in [0.717, 1.165) is 35.7 Å². The molecule has 0 radical (unpaired) electrons. The van der Waals surface area contributed by atoms with Crippen molar-refractivity contribution in [3.05, 3.63) is 88.4 Å². The molecule has 1 unspecified atom stereocenters. The highest BCUT2D eigenvalue weighted by Crippen LogP contribution is 2.28. The second-order valence-corrected chi connectivity index (χ2v) is 8.08. The van der Waals surface area contributed by atoms with E-state index < -0.39 is 0 Å². The molecular weight excluding hydrogens is 371 g/mol. The normalized spacial score (nSPS) is 12.2. The lowest BCUT2D eigenvalue weighted by atomic mass is 10.1. The number of aromatic nitrogens is 2. The molecule has 0 fully saturated rings. The molecule has 2 nitrogen and oxygen atoms in total. The maximum Gasteiger partial charge on any atom is 0.0946 e. The van der Waals surface area contributed by atoms with Gasteiger partial charge >= 0.3 is 0 Å². The van der Waals surface area contributed by atoms with E-state index in [4.69, 9.17) is 23.2 Å². The van der Waals surface area contributed by atoms with Crippen molar-refractivity contribution in [2.75, 3.05) is 0 Å². The summed E-state index contributed by atoms with van der Waals surface area (Å²) in [5.74, 6) is 0.879. The van der Waals surface area contributed by atoms with E-state index in [2.05, 4.69) is 39.9 Å². The molecule has 0 bridgehead atoms. The second-order valence-electron chi connectivity index (χ2n) is 5.95. The molecule has 3 rings (SSSR count). The summed E-state index contributed by atoms with van der Waals surface area (Å²) >= 11 is 14.2. The van der Waals surface area contributed by atoms with Crippen molar-refractivity contribution in [1.82, 2.24) is 9.55 Å². The fourth-order valence-electron chi connectivity index (χ4n) is 2.68. The Kier molecular flexibility index (Phi) is 6.85. The van der Waals surface area contributed by atoms with Gasteiger partial charge in [0.05, 0.1) is 6.33 Å². The Morgan fingerprint density at radius 2 is 1.92 bits per heavy atom. The van der Waals surface area contributed by atoms with Crippen molar-refractivity contribution < 1.29 is 0 Å². The third kappa shape index (κ3) is 5.81. The van der Waals surface area contributed by atoms with Crippen LogP contribution in [-0.2, 0) is 18.7 Å². The molecule has 1 aromatic heterocycles. The van der Waals surface area contributed by atoms with Crippen LogP contribution >= 0.6 is 35.0 Å². The number of halogens is 2. The number of hydrogen-bond donors (Lipinski definition) is 0. The van der Waals surface area contributed by atoms with Gasteiger partial charge < -0.3 is 4.57 Å². The van der Waals surface area contributed by atoms with Gasteiger partial charge in [0.25, 0.3) is 0 Å². The number of benzene rings is 2. The van der Waals surface area contributed by atoms with Gasteiger partial charge in [0, 0.05) is 40.0 Å². The Balaban J connectivity index is 1.63. The van der Waals surface area contributed by atoms with E-state index in [1.165, 1.54) is 5.56 Å². The number of thioether (sulfide) groups is 1. The van der Waals surface area contributed by atoms with Crippen molar-refractivity contribution in [1.29, 1.82) is 0 Å². The standard InChI is InChI=1S/C20H20Cl2N2S/c21-18-8-7-17(20(22)12-18)14-25-19(13-24-11-10-23-15-24)9-6-16-4-2-1-3-5-16/h1-5,7-8,10-12,15,19H,6,9,13-14H2. The highest BCUT2D eigenvalue weighted by Gasteiger charge is 2.12. The molecule has 0 saturated carbocycles. The van der Waals surface area contributed by atoms with Crippen LogP contribution in [-0.4, -0.2) is 14.8 Å². The summed E-state index contributed by atoms with van der Waals surface area (Å²) < 4.78 is 2.14. The van der Waals surface area contributed by atoms with E-state index in [0.29, 0.717) is 10.3 Å². The quantitative estimate of drug-likeness (QED) is 0.460. The SMILES string of the molecule is Clc1ccc(CSC(CCc2ccccc2)Cn2ccnc2)c(Cl)c1. The summed E-state index contributed by atoms with van der Waals surface area (Å²) in [6.45, 7) is 0.947. The molecule has 0 amide bonds. The maximum atomic E-state index is 6.32. The molecule has 1 atom stereocenters. The van der Waals surface area contributed by atoms with Crippen molar-refractivity contribution >= 4 is 35.0 Å². The summed E-state index contributed by atoms with van der Waals surface area (Å²) in [7, 11) is 0.